The molecule has 0 aromatic heterocycles. The Morgan fingerprint density at radius 2 is 1.92 bits per heavy atom. The third-order valence-electron chi connectivity index (χ3n) is 4.34. The van der Waals surface area contributed by atoms with Crippen LogP contribution < -0.4 is 10.1 Å². The van der Waals surface area contributed by atoms with E-state index in [1.54, 1.807) is 0 Å². The molecular formula is C20H23N3O. The van der Waals surface area contributed by atoms with Crippen LogP contribution in [0.25, 0.3) is 0 Å². The van der Waals surface area contributed by atoms with Gasteiger partial charge in [0.15, 0.2) is 0 Å². The Morgan fingerprint density at radius 3 is 2.62 bits per heavy atom. The Morgan fingerprint density at radius 1 is 1.17 bits per heavy atom. The van der Waals surface area contributed by atoms with Gasteiger partial charge in [0.2, 0.25) is 0 Å². The highest BCUT2D eigenvalue weighted by Gasteiger charge is 2.22. The SMILES string of the molecule is Cc1ccc(COc2cccc(C(C#N)N3CCNCC3)c2)cc1. The molecular weight excluding hydrogens is 298 g/mol. The number of benzene rings is 2. The second-order valence-electron chi connectivity index (χ2n) is 6.16. The van der Waals surface area contributed by atoms with E-state index >= 15 is 0 Å². The molecule has 0 aliphatic carbocycles. The Kier molecular flexibility index (Phi) is 5.47. The van der Waals surface area contributed by atoms with Crippen molar-refractivity contribution in [1.82, 2.24) is 10.2 Å². The summed E-state index contributed by atoms with van der Waals surface area (Å²) in [5.74, 6) is 0.809. The van der Waals surface area contributed by atoms with Crippen molar-refractivity contribution < 1.29 is 4.74 Å². The van der Waals surface area contributed by atoms with E-state index in [9.17, 15) is 5.26 Å². The number of nitrogens with one attached hydrogen (secondary N) is 1. The van der Waals surface area contributed by atoms with Gasteiger partial charge in [0.05, 0.1) is 6.07 Å². The summed E-state index contributed by atoms with van der Waals surface area (Å²) in [6, 6.07) is 18.5. The number of hydrogen-bond donors (Lipinski definition) is 1. The van der Waals surface area contributed by atoms with E-state index in [0.29, 0.717) is 6.61 Å². The monoisotopic (exact) mass is 321 g/mol. The number of rotatable bonds is 5. The molecule has 124 valence electrons. The van der Waals surface area contributed by atoms with Crippen LogP contribution in [-0.4, -0.2) is 31.1 Å². The first kappa shape index (κ1) is 16.5. The second-order valence-corrected chi connectivity index (χ2v) is 6.16. The van der Waals surface area contributed by atoms with Crippen molar-refractivity contribution in [2.75, 3.05) is 26.2 Å². The van der Waals surface area contributed by atoms with Crippen LogP contribution in [0.4, 0.5) is 0 Å². The molecule has 1 unspecified atom stereocenters. The third-order valence-corrected chi connectivity index (χ3v) is 4.34. The van der Waals surface area contributed by atoms with Crippen molar-refractivity contribution in [3.8, 4) is 11.8 Å². The number of hydrogen-bond acceptors (Lipinski definition) is 4. The molecule has 1 atom stereocenters. The largest absolute Gasteiger partial charge is 0.489 e. The Balaban J connectivity index is 1.68. The average Bonchev–Trinajstić information content (AvgIpc) is 2.63. The molecule has 24 heavy (non-hydrogen) atoms. The summed E-state index contributed by atoms with van der Waals surface area (Å²) in [7, 11) is 0. The van der Waals surface area contributed by atoms with Gasteiger partial charge in [-0.25, -0.2) is 0 Å². The molecule has 4 nitrogen and oxygen atoms in total. The van der Waals surface area contributed by atoms with E-state index in [0.717, 1.165) is 43.1 Å². The lowest BCUT2D eigenvalue weighted by atomic mass is 10.1. The summed E-state index contributed by atoms with van der Waals surface area (Å²) in [6.45, 7) is 6.27. The average molecular weight is 321 g/mol. The smallest absolute Gasteiger partial charge is 0.124 e. The van der Waals surface area contributed by atoms with Gasteiger partial charge in [0.25, 0.3) is 0 Å². The van der Waals surface area contributed by atoms with Crippen LogP contribution in [0.1, 0.15) is 22.7 Å². The summed E-state index contributed by atoms with van der Waals surface area (Å²) in [6.07, 6.45) is 0. The van der Waals surface area contributed by atoms with E-state index in [2.05, 4.69) is 47.5 Å². The first-order valence-electron chi connectivity index (χ1n) is 8.39. The van der Waals surface area contributed by atoms with E-state index < -0.39 is 0 Å². The van der Waals surface area contributed by atoms with E-state index in [1.165, 1.54) is 5.56 Å². The number of nitriles is 1. The van der Waals surface area contributed by atoms with Crippen LogP contribution in [0.5, 0.6) is 5.75 Å². The Bertz CT molecular complexity index is 700. The van der Waals surface area contributed by atoms with Crippen LogP contribution in [0.2, 0.25) is 0 Å². The quantitative estimate of drug-likeness (QED) is 0.919. The van der Waals surface area contributed by atoms with Crippen molar-refractivity contribution in [1.29, 1.82) is 5.26 Å². The molecule has 3 rings (SSSR count). The predicted octanol–water partition coefficient (Wildman–Crippen LogP) is 3.04. The van der Waals surface area contributed by atoms with Crippen LogP contribution in [-0.2, 0) is 6.61 Å². The molecule has 4 heteroatoms. The van der Waals surface area contributed by atoms with Gasteiger partial charge in [-0.2, -0.15) is 5.26 Å². The number of piperazine rings is 1. The normalized spacial score (nSPS) is 16.3. The zero-order valence-corrected chi connectivity index (χ0v) is 14.0. The minimum Gasteiger partial charge on any atom is -0.489 e. The molecule has 0 saturated carbocycles. The van der Waals surface area contributed by atoms with Crippen LogP contribution in [0.15, 0.2) is 48.5 Å². The van der Waals surface area contributed by atoms with Gasteiger partial charge in [-0.15, -0.1) is 0 Å². The molecule has 0 amide bonds. The second kappa shape index (κ2) is 7.96. The third kappa shape index (κ3) is 4.14. The first-order chi connectivity index (χ1) is 11.8. The maximum absolute atomic E-state index is 9.60. The summed E-state index contributed by atoms with van der Waals surface area (Å²) in [5.41, 5.74) is 3.39. The van der Waals surface area contributed by atoms with Gasteiger partial charge in [-0.05, 0) is 30.2 Å². The Labute approximate surface area is 143 Å². The lowest BCUT2D eigenvalue weighted by molar-refractivity contribution is 0.207. The zero-order chi connectivity index (χ0) is 16.8. The highest BCUT2D eigenvalue weighted by atomic mass is 16.5. The van der Waals surface area contributed by atoms with Crippen LogP contribution in [0.3, 0.4) is 0 Å². The minimum absolute atomic E-state index is 0.213. The van der Waals surface area contributed by atoms with Gasteiger partial charge in [-0.3, -0.25) is 4.90 Å². The standard InChI is InChI=1S/C20H23N3O/c1-16-5-7-17(8-6-16)15-24-19-4-2-3-18(13-19)20(14-21)23-11-9-22-10-12-23/h2-8,13,20,22H,9-12,15H2,1H3. The van der Waals surface area contributed by atoms with Gasteiger partial charge in [0, 0.05) is 26.2 Å². The predicted molar refractivity (Wildman–Crippen MR) is 94.7 cm³/mol. The minimum atomic E-state index is -0.213. The van der Waals surface area contributed by atoms with Crippen molar-refractivity contribution in [2.24, 2.45) is 0 Å². The highest BCUT2D eigenvalue weighted by molar-refractivity contribution is 5.33. The maximum Gasteiger partial charge on any atom is 0.124 e. The molecule has 1 heterocycles. The first-order valence-corrected chi connectivity index (χ1v) is 8.39. The lowest BCUT2D eigenvalue weighted by Gasteiger charge is -2.31. The summed E-state index contributed by atoms with van der Waals surface area (Å²) in [5, 5.41) is 12.9. The molecule has 1 fully saturated rings. The molecule has 2 aromatic carbocycles. The molecule has 1 saturated heterocycles. The van der Waals surface area contributed by atoms with Gasteiger partial charge >= 0.3 is 0 Å². The Hall–Kier alpha value is -2.35. The number of aryl methyl sites for hydroxylation is 1. The molecule has 1 N–H and O–H groups in total. The summed E-state index contributed by atoms with van der Waals surface area (Å²) in [4.78, 5) is 2.22. The number of nitrogens with zero attached hydrogens (tertiary/aromatic N) is 2. The van der Waals surface area contributed by atoms with Crippen LogP contribution in [0, 0.1) is 18.3 Å². The fourth-order valence-corrected chi connectivity index (χ4v) is 2.93. The van der Waals surface area contributed by atoms with Crippen molar-refractivity contribution in [2.45, 2.75) is 19.6 Å². The maximum atomic E-state index is 9.60. The highest BCUT2D eigenvalue weighted by Crippen LogP contribution is 2.24. The van der Waals surface area contributed by atoms with Crippen molar-refractivity contribution in [3.63, 3.8) is 0 Å². The van der Waals surface area contributed by atoms with Gasteiger partial charge in [-0.1, -0.05) is 42.0 Å². The van der Waals surface area contributed by atoms with E-state index in [4.69, 9.17) is 4.74 Å². The van der Waals surface area contributed by atoms with Gasteiger partial charge in [0.1, 0.15) is 18.4 Å². The molecule has 1 aliphatic rings. The molecule has 2 aromatic rings. The number of ether oxygens (including phenoxy) is 1. The van der Waals surface area contributed by atoms with Crippen molar-refractivity contribution in [3.05, 3.63) is 65.2 Å². The van der Waals surface area contributed by atoms with Crippen molar-refractivity contribution >= 4 is 0 Å². The fourth-order valence-electron chi connectivity index (χ4n) is 2.93. The summed E-state index contributed by atoms with van der Waals surface area (Å²) >= 11 is 0. The fraction of sp³-hybridized carbons (Fsp3) is 0.350. The van der Waals surface area contributed by atoms with E-state index in [1.807, 2.05) is 24.3 Å². The van der Waals surface area contributed by atoms with Crippen LogP contribution >= 0.6 is 0 Å². The topological polar surface area (TPSA) is 48.3 Å². The molecule has 0 spiro atoms. The van der Waals surface area contributed by atoms with Gasteiger partial charge < -0.3 is 10.1 Å². The molecule has 0 bridgehead atoms. The zero-order valence-electron chi connectivity index (χ0n) is 14.0. The molecule has 1 aliphatic heterocycles. The van der Waals surface area contributed by atoms with E-state index in [-0.39, 0.29) is 6.04 Å². The lowest BCUT2D eigenvalue weighted by Crippen LogP contribution is -2.44. The summed E-state index contributed by atoms with van der Waals surface area (Å²) < 4.78 is 5.91. The molecule has 0 radical (unpaired) electrons.